The summed E-state index contributed by atoms with van der Waals surface area (Å²) < 4.78 is 0.982. The lowest BCUT2D eigenvalue weighted by Gasteiger charge is -2.12. The van der Waals surface area contributed by atoms with Crippen molar-refractivity contribution in [1.82, 2.24) is 9.97 Å². The summed E-state index contributed by atoms with van der Waals surface area (Å²) >= 11 is 3.41. The second-order valence-corrected chi connectivity index (χ2v) is 4.79. The third-order valence-corrected chi connectivity index (χ3v) is 3.14. The van der Waals surface area contributed by atoms with Gasteiger partial charge in [-0.25, -0.2) is 14.8 Å². The highest BCUT2D eigenvalue weighted by atomic mass is 79.9. The van der Waals surface area contributed by atoms with E-state index in [0.717, 1.165) is 22.1 Å². The average molecular weight is 322 g/mol. The van der Waals surface area contributed by atoms with Crippen LogP contribution < -0.4 is 5.32 Å². The first-order valence-electron chi connectivity index (χ1n) is 5.70. The minimum absolute atomic E-state index is 0.0486. The van der Waals surface area contributed by atoms with Gasteiger partial charge in [0, 0.05) is 16.4 Å². The van der Waals surface area contributed by atoms with Gasteiger partial charge in [-0.15, -0.1) is 0 Å². The predicted molar refractivity (Wildman–Crippen MR) is 75.8 cm³/mol. The van der Waals surface area contributed by atoms with Crippen molar-refractivity contribution in [2.75, 3.05) is 5.32 Å². The van der Waals surface area contributed by atoms with Gasteiger partial charge in [0.2, 0.25) is 0 Å². The number of hydrogen-bond acceptors (Lipinski definition) is 4. The molecule has 2 rings (SSSR count). The van der Waals surface area contributed by atoms with Gasteiger partial charge in [0.05, 0.1) is 0 Å². The SMILES string of the molecule is CCc1cc(Br)ccc1Nc1ncncc1C(=O)O. The number of aromatic nitrogens is 2. The summed E-state index contributed by atoms with van der Waals surface area (Å²) in [6, 6.07) is 5.77. The van der Waals surface area contributed by atoms with Crippen molar-refractivity contribution in [3.8, 4) is 0 Å². The van der Waals surface area contributed by atoms with Crippen LogP contribution in [-0.2, 0) is 6.42 Å². The average Bonchev–Trinajstić information content (AvgIpc) is 2.41. The molecule has 98 valence electrons. The van der Waals surface area contributed by atoms with Gasteiger partial charge < -0.3 is 10.4 Å². The van der Waals surface area contributed by atoms with E-state index < -0.39 is 5.97 Å². The Morgan fingerprint density at radius 3 is 2.95 bits per heavy atom. The van der Waals surface area contributed by atoms with Crippen LogP contribution in [-0.4, -0.2) is 21.0 Å². The van der Waals surface area contributed by atoms with Gasteiger partial charge >= 0.3 is 5.97 Å². The Kier molecular flexibility index (Phi) is 4.11. The maximum Gasteiger partial charge on any atom is 0.341 e. The van der Waals surface area contributed by atoms with Crippen molar-refractivity contribution >= 4 is 33.4 Å². The third-order valence-electron chi connectivity index (χ3n) is 2.64. The molecule has 0 aliphatic carbocycles. The van der Waals surface area contributed by atoms with E-state index in [0.29, 0.717) is 5.82 Å². The molecule has 0 radical (unpaired) electrons. The van der Waals surface area contributed by atoms with E-state index in [1.165, 1.54) is 12.5 Å². The maximum atomic E-state index is 11.1. The Bertz CT molecular complexity index is 617. The fourth-order valence-electron chi connectivity index (χ4n) is 1.69. The lowest BCUT2D eigenvalue weighted by Crippen LogP contribution is -2.06. The predicted octanol–water partition coefficient (Wildman–Crippen LogP) is 3.24. The molecular weight excluding hydrogens is 310 g/mol. The number of rotatable bonds is 4. The summed E-state index contributed by atoms with van der Waals surface area (Å²) in [5.41, 5.74) is 1.96. The van der Waals surface area contributed by atoms with Gasteiger partial charge in [0.25, 0.3) is 0 Å². The molecule has 0 aliphatic heterocycles. The first-order valence-corrected chi connectivity index (χ1v) is 6.50. The van der Waals surface area contributed by atoms with Crippen molar-refractivity contribution in [2.45, 2.75) is 13.3 Å². The fraction of sp³-hybridized carbons (Fsp3) is 0.154. The standard InChI is InChI=1S/C13H12BrN3O2/c1-2-8-5-9(14)3-4-11(8)17-12-10(13(18)19)6-15-7-16-12/h3-7H,2H2,1H3,(H,18,19)(H,15,16,17). The Morgan fingerprint density at radius 2 is 2.26 bits per heavy atom. The van der Waals surface area contributed by atoms with E-state index in [-0.39, 0.29) is 5.56 Å². The lowest BCUT2D eigenvalue weighted by atomic mass is 10.1. The molecule has 0 bridgehead atoms. The molecule has 0 atom stereocenters. The van der Waals surface area contributed by atoms with E-state index in [4.69, 9.17) is 5.11 Å². The molecule has 5 nitrogen and oxygen atoms in total. The summed E-state index contributed by atoms with van der Waals surface area (Å²) in [6.45, 7) is 2.03. The smallest absolute Gasteiger partial charge is 0.341 e. The van der Waals surface area contributed by atoms with Crippen LogP contribution in [0.2, 0.25) is 0 Å². The van der Waals surface area contributed by atoms with E-state index in [9.17, 15) is 4.79 Å². The first-order chi connectivity index (χ1) is 9.11. The molecule has 6 heteroatoms. The monoisotopic (exact) mass is 321 g/mol. The van der Waals surface area contributed by atoms with Gasteiger partial charge in [0.1, 0.15) is 17.7 Å². The number of benzene rings is 1. The van der Waals surface area contributed by atoms with Crippen LogP contribution in [0.4, 0.5) is 11.5 Å². The van der Waals surface area contributed by atoms with Crippen molar-refractivity contribution < 1.29 is 9.90 Å². The lowest BCUT2D eigenvalue weighted by molar-refractivity contribution is 0.0697. The van der Waals surface area contributed by atoms with Crippen molar-refractivity contribution in [2.24, 2.45) is 0 Å². The van der Waals surface area contributed by atoms with Crippen LogP contribution in [0, 0.1) is 0 Å². The molecule has 1 aromatic carbocycles. The number of carboxylic acids is 1. The topological polar surface area (TPSA) is 75.1 Å². The molecule has 1 aromatic heterocycles. The minimum atomic E-state index is -1.06. The molecule has 1 heterocycles. The number of aromatic carboxylic acids is 1. The highest BCUT2D eigenvalue weighted by molar-refractivity contribution is 9.10. The maximum absolute atomic E-state index is 11.1. The molecular formula is C13H12BrN3O2. The summed E-state index contributed by atoms with van der Waals surface area (Å²) in [5, 5.41) is 12.1. The molecule has 0 amide bonds. The zero-order chi connectivity index (χ0) is 13.8. The Morgan fingerprint density at radius 1 is 1.47 bits per heavy atom. The Balaban J connectivity index is 2.39. The Hall–Kier alpha value is -1.95. The number of anilines is 2. The number of carboxylic acid groups (broad SMARTS) is 1. The summed E-state index contributed by atoms with van der Waals surface area (Å²) in [5.74, 6) is -0.766. The number of carbonyl (C=O) groups is 1. The van der Waals surface area contributed by atoms with Crippen molar-refractivity contribution in [3.63, 3.8) is 0 Å². The van der Waals surface area contributed by atoms with Crippen LogP contribution >= 0.6 is 15.9 Å². The number of halogens is 1. The van der Waals surface area contributed by atoms with Gasteiger partial charge in [0.15, 0.2) is 0 Å². The molecule has 2 aromatic rings. The first kappa shape index (κ1) is 13.5. The van der Waals surface area contributed by atoms with Crippen LogP contribution in [0.25, 0.3) is 0 Å². The second kappa shape index (κ2) is 5.79. The summed E-state index contributed by atoms with van der Waals surface area (Å²) in [4.78, 5) is 18.8. The Labute approximate surface area is 118 Å². The molecule has 0 aliphatic rings. The molecule has 0 unspecified atom stereocenters. The summed E-state index contributed by atoms with van der Waals surface area (Å²) in [6.07, 6.45) is 3.43. The van der Waals surface area contributed by atoms with Crippen LogP contribution in [0.15, 0.2) is 35.2 Å². The zero-order valence-corrected chi connectivity index (χ0v) is 11.8. The van der Waals surface area contributed by atoms with Crippen molar-refractivity contribution in [3.05, 3.63) is 46.3 Å². The molecule has 19 heavy (non-hydrogen) atoms. The highest BCUT2D eigenvalue weighted by Gasteiger charge is 2.12. The number of hydrogen-bond donors (Lipinski definition) is 2. The van der Waals surface area contributed by atoms with Gasteiger partial charge in [-0.1, -0.05) is 22.9 Å². The highest BCUT2D eigenvalue weighted by Crippen LogP contribution is 2.25. The molecule has 0 saturated heterocycles. The number of nitrogens with one attached hydrogen (secondary N) is 1. The zero-order valence-electron chi connectivity index (χ0n) is 10.2. The summed E-state index contributed by atoms with van der Waals surface area (Å²) in [7, 11) is 0. The van der Waals surface area contributed by atoms with Crippen LogP contribution in [0.1, 0.15) is 22.8 Å². The van der Waals surface area contributed by atoms with Crippen LogP contribution in [0.3, 0.4) is 0 Å². The molecule has 2 N–H and O–H groups in total. The molecule has 0 saturated carbocycles. The quantitative estimate of drug-likeness (QED) is 0.904. The van der Waals surface area contributed by atoms with Gasteiger partial charge in [-0.3, -0.25) is 0 Å². The van der Waals surface area contributed by atoms with Crippen LogP contribution in [0.5, 0.6) is 0 Å². The fourth-order valence-corrected chi connectivity index (χ4v) is 2.10. The number of aryl methyl sites for hydroxylation is 1. The number of nitrogens with zero attached hydrogens (tertiary/aromatic N) is 2. The largest absolute Gasteiger partial charge is 0.477 e. The molecule has 0 fully saturated rings. The van der Waals surface area contributed by atoms with E-state index in [1.54, 1.807) is 0 Å². The normalized spacial score (nSPS) is 10.2. The van der Waals surface area contributed by atoms with Crippen molar-refractivity contribution in [1.29, 1.82) is 0 Å². The van der Waals surface area contributed by atoms with E-state index >= 15 is 0 Å². The molecule has 0 spiro atoms. The van der Waals surface area contributed by atoms with Gasteiger partial charge in [-0.05, 0) is 30.2 Å². The third kappa shape index (κ3) is 3.08. The van der Waals surface area contributed by atoms with E-state index in [1.807, 2.05) is 25.1 Å². The minimum Gasteiger partial charge on any atom is -0.477 e. The second-order valence-electron chi connectivity index (χ2n) is 3.87. The van der Waals surface area contributed by atoms with E-state index in [2.05, 4.69) is 31.2 Å². The van der Waals surface area contributed by atoms with Gasteiger partial charge in [-0.2, -0.15) is 0 Å².